The highest BCUT2D eigenvalue weighted by atomic mass is 19.4. The average molecular weight is 437 g/mol. The largest absolute Gasteiger partial charge is 0.433 e. The number of morpholine rings is 1. The quantitative estimate of drug-likeness (QED) is 0.681. The number of hydrogen-bond donors (Lipinski definition) is 0. The smallest absolute Gasteiger partial charge is 0.363 e. The maximum Gasteiger partial charge on any atom is 0.433 e. The molecule has 9 heteroatoms. The van der Waals surface area contributed by atoms with Crippen LogP contribution < -0.4 is 4.90 Å². The van der Waals surface area contributed by atoms with Crippen LogP contribution in [-0.2, 0) is 22.3 Å². The van der Waals surface area contributed by atoms with Crippen LogP contribution in [0.5, 0.6) is 0 Å². The summed E-state index contributed by atoms with van der Waals surface area (Å²) in [5.41, 5.74) is -0.189. The predicted octanol–water partition coefficient (Wildman–Crippen LogP) is 4.03. The van der Waals surface area contributed by atoms with Crippen molar-refractivity contribution in [2.24, 2.45) is 0 Å². The second-order valence-corrected chi connectivity index (χ2v) is 8.11. The second kappa shape index (κ2) is 8.55. The molecule has 2 aliphatic rings. The van der Waals surface area contributed by atoms with Gasteiger partial charge < -0.3 is 9.64 Å². The van der Waals surface area contributed by atoms with Gasteiger partial charge in [0.1, 0.15) is 18.1 Å². The number of nitrogens with zero attached hydrogens (tertiary/aromatic N) is 3. The van der Waals surface area contributed by atoms with Crippen LogP contribution in [0.2, 0.25) is 0 Å². The van der Waals surface area contributed by atoms with E-state index in [-0.39, 0.29) is 12.5 Å². The molecule has 0 radical (unpaired) electrons. The number of benzene rings is 1. The molecule has 3 heterocycles. The Bertz CT molecular complexity index is 935. The van der Waals surface area contributed by atoms with Crippen LogP contribution in [0, 0.1) is 5.82 Å². The third-order valence-corrected chi connectivity index (χ3v) is 5.88. The molecule has 1 aromatic carbocycles. The first-order valence-corrected chi connectivity index (χ1v) is 10.2. The van der Waals surface area contributed by atoms with Gasteiger partial charge in [0.2, 0.25) is 0 Å². The van der Waals surface area contributed by atoms with Gasteiger partial charge in [-0.3, -0.25) is 14.7 Å². The Morgan fingerprint density at radius 1 is 1.13 bits per heavy atom. The number of hydrogen-bond acceptors (Lipinski definition) is 4. The average Bonchev–Trinajstić information content (AvgIpc) is 2.92. The van der Waals surface area contributed by atoms with E-state index in [0.29, 0.717) is 37.3 Å². The molecular formula is C22H23F4N3O2. The van der Waals surface area contributed by atoms with Crippen molar-refractivity contribution in [2.75, 3.05) is 31.1 Å². The van der Waals surface area contributed by atoms with Gasteiger partial charge in [0.05, 0.1) is 12.1 Å². The van der Waals surface area contributed by atoms with Crippen LogP contribution in [-0.4, -0.2) is 47.6 Å². The van der Waals surface area contributed by atoms with E-state index < -0.39 is 23.3 Å². The molecule has 1 aromatic heterocycles. The summed E-state index contributed by atoms with van der Waals surface area (Å²) in [6.07, 6.45) is -0.949. The molecular weight excluding hydrogens is 414 g/mol. The lowest BCUT2D eigenvalue weighted by molar-refractivity contribution is -0.141. The summed E-state index contributed by atoms with van der Waals surface area (Å²) in [6.45, 7) is 2.23. The van der Waals surface area contributed by atoms with E-state index in [4.69, 9.17) is 4.74 Å². The number of likely N-dealkylation sites (tertiary alicyclic amines) is 1. The first kappa shape index (κ1) is 21.7. The molecule has 1 unspecified atom stereocenters. The summed E-state index contributed by atoms with van der Waals surface area (Å²) in [4.78, 5) is 19.7. The number of anilines is 1. The molecule has 0 bridgehead atoms. The molecule has 31 heavy (non-hydrogen) atoms. The van der Waals surface area contributed by atoms with E-state index in [0.717, 1.165) is 25.5 Å². The van der Waals surface area contributed by atoms with Gasteiger partial charge in [-0.1, -0.05) is 12.1 Å². The Labute approximate surface area is 177 Å². The summed E-state index contributed by atoms with van der Waals surface area (Å²) < 4.78 is 57.7. The van der Waals surface area contributed by atoms with Crippen LogP contribution in [0.4, 0.5) is 23.2 Å². The van der Waals surface area contributed by atoms with Crippen LogP contribution in [0.25, 0.3) is 0 Å². The van der Waals surface area contributed by atoms with Crippen molar-refractivity contribution in [1.29, 1.82) is 0 Å². The highest BCUT2D eigenvalue weighted by molar-refractivity contribution is 5.95. The molecule has 5 nitrogen and oxygen atoms in total. The number of pyridine rings is 1. The Balaban J connectivity index is 1.41. The minimum Gasteiger partial charge on any atom is -0.363 e. The zero-order valence-electron chi connectivity index (χ0n) is 16.9. The number of halogens is 4. The molecule has 2 aliphatic heterocycles. The van der Waals surface area contributed by atoms with Crippen molar-refractivity contribution in [2.45, 2.75) is 37.6 Å². The van der Waals surface area contributed by atoms with Crippen molar-refractivity contribution in [3.63, 3.8) is 0 Å². The Kier molecular flexibility index (Phi) is 5.98. The molecule has 2 aromatic rings. The van der Waals surface area contributed by atoms with E-state index in [2.05, 4.69) is 9.88 Å². The summed E-state index contributed by atoms with van der Waals surface area (Å²) in [6, 6.07) is 8.42. The van der Waals surface area contributed by atoms with Gasteiger partial charge in [0.15, 0.2) is 0 Å². The molecule has 0 saturated carbocycles. The van der Waals surface area contributed by atoms with Crippen LogP contribution in [0.3, 0.4) is 0 Å². The standard InChI is InChI=1S/C22H23F4N3O2/c23-17-3-1-4-18(11-17)29-15-21(31-14-20(29)30)7-2-9-28(10-8-21)13-16-5-6-19(27-12-16)22(24,25)26/h1,3-6,11-12H,2,7-10,13-15H2. The van der Waals surface area contributed by atoms with Crippen molar-refractivity contribution in [3.05, 3.63) is 59.7 Å². The molecule has 1 spiro atoms. The highest BCUT2D eigenvalue weighted by Gasteiger charge is 2.41. The van der Waals surface area contributed by atoms with E-state index >= 15 is 0 Å². The molecule has 0 aliphatic carbocycles. The zero-order chi connectivity index (χ0) is 22.1. The van der Waals surface area contributed by atoms with Crippen molar-refractivity contribution < 1.29 is 27.1 Å². The van der Waals surface area contributed by atoms with Crippen molar-refractivity contribution in [1.82, 2.24) is 9.88 Å². The number of aromatic nitrogens is 1. The van der Waals surface area contributed by atoms with E-state index in [1.165, 1.54) is 24.4 Å². The number of carbonyl (C=O) groups excluding carboxylic acids is 1. The third kappa shape index (κ3) is 5.04. The number of amides is 1. The molecule has 2 fully saturated rings. The molecule has 4 rings (SSSR count). The fraction of sp³-hybridized carbons (Fsp3) is 0.455. The van der Waals surface area contributed by atoms with Gasteiger partial charge in [-0.2, -0.15) is 13.2 Å². The lowest BCUT2D eigenvalue weighted by atomic mass is 9.92. The predicted molar refractivity (Wildman–Crippen MR) is 106 cm³/mol. The minimum atomic E-state index is -4.45. The summed E-state index contributed by atoms with van der Waals surface area (Å²) in [5.74, 6) is -0.601. The fourth-order valence-electron chi connectivity index (χ4n) is 4.22. The zero-order valence-corrected chi connectivity index (χ0v) is 16.9. The van der Waals surface area contributed by atoms with Gasteiger partial charge in [0.25, 0.3) is 5.91 Å². The number of carbonyl (C=O) groups is 1. The van der Waals surface area contributed by atoms with Crippen molar-refractivity contribution >= 4 is 11.6 Å². The second-order valence-electron chi connectivity index (χ2n) is 8.11. The van der Waals surface area contributed by atoms with Gasteiger partial charge in [-0.25, -0.2) is 4.39 Å². The van der Waals surface area contributed by atoms with Crippen LogP contribution >= 0.6 is 0 Å². The lowest BCUT2D eigenvalue weighted by Crippen LogP contribution is -2.55. The van der Waals surface area contributed by atoms with Gasteiger partial charge in [0, 0.05) is 25.0 Å². The molecule has 166 valence electrons. The normalized spacial score (nSPS) is 23.2. The first-order valence-electron chi connectivity index (χ1n) is 10.2. The molecule has 2 saturated heterocycles. The summed E-state index contributed by atoms with van der Waals surface area (Å²) in [7, 11) is 0. The van der Waals surface area contributed by atoms with E-state index in [1.54, 1.807) is 17.0 Å². The van der Waals surface area contributed by atoms with E-state index in [9.17, 15) is 22.4 Å². The summed E-state index contributed by atoms with van der Waals surface area (Å²) >= 11 is 0. The molecule has 1 amide bonds. The number of alkyl halides is 3. The Hall–Kier alpha value is -2.52. The van der Waals surface area contributed by atoms with Gasteiger partial charge >= 0.3 is 6.18 Å². The van der Waals surface area contributed by atoms with Crippen LogP contribution in [0.15, 0.2) is 42.6 Å². The topological polar surface area (TPSA) is 45.7 Å². The highest BCUT2D eigenvalue weighted by Crippen LogP contribution is 2.33. The van der Waals surface area contributed by atoms with Crippen molar-refractivity contribution in [3.8, 4) is 0 Å². The molecule has 1 atom stereocenters. The Morgan fingerprint density at radius 2 is 1.97 bits per heavy atom. The van der Waals surface area contributed by atoms with E-state index in [1.807, 2.05) is 0 Å². The summed E-state index contributed by atoms with van der Waals surface area (Å²) in [5, 5.41) is 0. The monoisotopic (exact) mass is 437 g/mol. The fourth-order valence-corrected chi connectivity index (χ4v) is 4.22. The van der Waals surface area contributed by atoms with Gasteiger partial charge in [-0.15, -0.1) is 0 Å². The number of rotatable bonds is 3. The minimum absolute atomic E-state index is 0.0562. The number of ether oxygens (including phenoxy) is 1. The van der Waals surface area contributed by atoms with Gasteiger partial charge in [-0.05, 0) is 55.6 Å². The Morgan fingerprint density at radius 3 is 2.68 bits per heavy atom. The molecule has 0 N–H and O–H groups in total. The first-order chi connectivity index (χ1) is 14.7. The lowest BCUT2D eigenvalue weighted by Gasteiger charge is -2.42. The maximum atomic E-state index is 13.7. The third-order valence-electron chi connectivity index (χ3n) is 5.88. The van der Waals surface area contributed by atoms with Crippen LogP contribution in [0.1, 0.15) is 30.5 Å². The SMILES string of the molecule is O=C1COC2(CCCN(Cc3ccc(C(F)(F)F)nc3)CC2)CN1c1cccc(F)c1. The maximum absolute atomic E-state index is 13.7.